The quantitative estimate of drug-likeness (QED) is 0.587. The van der Waals surface area contributed by atoms with E-state index < -0.39 is 35.1 Å². The molecule has 0 spiro atoms. The Morgan fingerprint density at radius 2 is 1.65 bits per heavy atom. The van der Waals surface area contributed by atoms with Crippen LogP contribution in [0.1, 0.15) is 32.3 Å². The SMILES string of the molecule is NC(C(=O)O)c1cccc(C(=O)O)c1C(=O)O. The summed E-state index contributed by atoms with van der Waals surface area (Å²) < 4.78 is 0. The van der Waals surface area contributed by atoms with Gasteiger partial charge in [-0.1, -0.05) is 12.1 Å². The molecule has 7 nitrogen and oxygen atoms in total. The first-order chi connectivity index (χ1) is 7.86. The molecule has 0 aromatic heterocycles. The third-order valence-electron chi connectivity index (χ3n) is 2.14. The molecule has 0 heterocycles. The van der Waals surface area contributed by atoms with E-state index >= 15 is 0 Å². The molecule has 0 bridgehead atoms. The summed E-state index contributed by atoms with van der Waals surface area (Å²) in [7, 11) is 0. The Hall–Kier alpha value is -2.41. The van der Waals surface area contributed by atoms with Crippen LogP contribution in [0.4, 0.5) is 0 Å². The lowest BCUT2D eigenvalue weighted by Crippen LogP contribution is -2.24. The lowest BCUT2D eigenvalue weighted by Gasteiger charge is -2.12. The van der Waals surface area contributed by atoms with Crippen molar-refractivity contribution in [1.82, 2.24) is 0 Å². The average Bonchev–Trinajstić information content (AvgIpc) is 2.26. The van der Waals surface area contributed by atoms with Gasteiger partial charge < -0.3 is 21.1 Å². The molecule has 1 aromatic rings. The summed E-state index contributed by atoms with van der Waals surface area (Å²) in [6.45, 7) is 0. The minimum atomic E-state index is -1.58. The van der Waals surface area contributed by atoms with Gasteiger partial charge in [-0.15, -0.1) is 0 Å². The van der Waals surface area contributed by atoms with Crippen molar-refractivity contribution in [3.63, 3.8) is 0 Å². The second-order valence-electron chi connectivity index (χ2n) is 3.20. The van der Waals surface area contributed by atoms with Gasteiger partial charge in [-0.25, -0.2) is 9.59 Å². The molecule has 1 rings (SSSR count). The van der Waals surface area contributed by atoms with Gasteiger partial charge in [-0.05, 0) is 11.6 Å². The van der Waals surface area contributed by atoms with Gasteiger partial charge in [0.05, 0.1) is 11.1 Å². The predicted octanol–water partition coefficient (Wildman–Crippen LogP) is 0.167. The number of carboxylic acid groups (broad SMARTS) is 3. The zero-order valence-electron chi connectivity index (χ0n) is 8.45. The molecule has 1 atom stereocenters. The van der Waals surface area contributed by atoms with E-state index in [-0.39, 0.29) is 5.56 Å². The van der Waals surface area contributed by atoms with Gasteiger partial charge >= 0.3 is 17.9 Å². The second-order valence-corrected chi connectivity index (χ2v) is 3.20. The second kappa shape index (κ2) is 4.62. The summed E-state index contributed by atoms with van der Waals surface area (Å²) in [5.41, 5.74) is 3.95. The van der Waals surface area contributed by atoms with Gasteiger partial charge in [0.1, 0.15) is 6.04 Å². The Kier molecular flexibility index (Phi) is 3.44. The summed E-state index contributed by atoms with van der Waals surface area (Å²) in [6.07, 6.45) is 0. The molecule has 90 valence electrons. The van der Waals surface area contributed by atoms with Crippen LogP contribution in [0.3, 0.4) is 0 Å². The van der Waals surface area contributed by atoms with E-state index in [0.29, 0.717) is 0 Å². The van der Waals surface area contributed by atoms with Crippen molar-refractivity contribution in [3.8, 4) is 0 Å². The highest BCUT2D eigenvalue weighted by Gasteiger charge is 2.26. The minimum absolute atomic E-state index is 0.245. The maximum Gasteiger partial charge on any atom is 0.336 e. The highest BCUT2D eigenvalue weighted by Crippen LogP contribution is 2.20. The molecule has 0 aliphatic heterocycles. The molecular weight excluding hydrogens is 230 g/mol. The minimum Gasteiger partial charge on any atom is -0.480 e. The molecule has 0 saturated heterocycles. The maximum absolute atomic E-state index is 11.0. The highest BCUT2D eigenvalue weighted by molar-refractivity contribution is 6.03. The molecule has 1 aromatic carbocycles. The Balaban J connectivity index is 3.50. The number of carbonyl (C=O) groups is 3. The first-order valence-electron chi connectivity index (χ1n) is 4.44. The number of aliphatic carboxylic acids is 1. The lowest BCUT2D eigenvalue weighted by molar-refractivity contribution is -0.138. The topological polar surface area (TPSA) is 138 Å². The summed E-state index contributed by atoms with van der Waals surface area (Å²) in [4.78, 5) is 32.5. The zero-order valence-corrected chi connectivity index (χ0v) is 8.45. The zero-order chi connectivity index (χ0) is 13.2. The van der Waals surface area contributed by atoms with Crippen LogP contribution in [0, 0.1) is 0 Å². The molecule has 0 amide bonds. The number of rotatable bonds is 4. The van der Waals surface area contributed by atoms with Gasteiger partial charge in [0.25, 0.3) is 0 Å². The molecule has 0 fully saturated rings. The summed E-state index contributed by atoms with van der Waals surface area (Å²) in [6, 6.07) is 1.91. The lowest BCUT2D eigenvalue weighted by atomic mass is 9.96. The van der Waals surface area contributed by atoms with Gasteiger partial charge in [0.15, 0.2) is 0 Å². The van der Waals surface area contributed by atoms with Crippen LogP contribution < -0.4 is 5.73 Å². The fourth-order valence-electron chi connectivity index (χ4n) is 1.38. The van der Waals surface area contributed by atoms with Crippen molar-refractivity contribution in [1.29, 1.82) is 0 Å². The van der Waals surface area contributed by atoms with E-state index in [4.69, 9.17) is 21.1 Å². The molecule has 17 heavy (non-hydrogen) atoms. The predicted molar refractivity (Wildman–Crippen MR) is 54.9 cm³/mol. The number of aromatic carboxylic acids is 2. The van der Waals surface area contributed by atoms with E-state index in [2.05, 4.69) is 0 Å². The van der Waals surface area contributed by atoms with E-state index in [0.717, 1.165) is 6.07 Å². The smallest absolute Gasteiger partial charge is 0.336 e. The first kappa shape index (κ1) is 12.7. The summed E-state index contributed by atoms with van der Waals surface area (Å²) in [5.74, 6) is -4.42. The van der Waals surface area contributed by atoms with Crippen LogP contribution in [0.2, 0.25) is 0 Å². The Morgan fingerprint density at radius 3 is 2.06 bits per heavy atom. The average molecular weight is 239 g/mol. The number of hydrogen-bond donors (Lipinski definition) is 4. The molecule has 1 unspecified atom stereocenters. The molecular formula is C10H9NO6. The monoisotopic (exact) mass is 239 g/mol. The van der Waals surface area contributed by atoms with Crippen molar-refractivity contribution in [2.45, 2.75) is 6.04 Å². The van der Waals surface area contributed by atoms with Crippen molar-refractivity contribution in [2.24, 2.45) is 5.73 Å². The van der Waals surface area contributed by atoms with Gasteiger partial charge in [-0.3, -0.25) is 4.79 Å². The Labute approximate surface area is 95.1 Å². The van der Waals surface area contributed by atoms with Crippen LogP contribution in [-0.4, -0.2) is 33.2 Å². The van der Waals surface area contributed by atoms with Crippen molar-refractivity contribution < 1.29 is 29.7 Å². The highest BCUT2D eigenvalue weighted by atomic mass is 16.4. The van der Waals surface area contributed by atoms with Gasteiger partial charge in [-0.2, -0.15) is 0 Å². The maximum atomic E-state index is 11.0. The van der Waals surface area contributed by atoms with Crippen LogP contribution >= 0.6 is 0 Å². The van der Waals surface area contributed by atoms with E-state index in [1.165, 1.54) is 12.1 Å². The normalized spacial score (nSPS) is 11.8. The largest absolute Gasteiger partial charge is 0.480 e. The van der Waals surface area contributed by atoms with Crippen LogP contribution in [0.5, 0.6) is 0 Å². The van der Waals surface area contributed by atoms with E-state index in [1.807, 2.05) is 0 Å². The Morgan fingerprint density at radius 1 is 1.06 bits per heavy atom. The number of carboxylic acids is 3. The first-order valence-corrected chi connectivity index (χ1v) is 4.44. The van der Waals surface area contributed by atoms with Gasteiger partial charge in [0, 0.05) is 0 Å². The van der Waals surface area contributed by atoms with Crippen molar-refractivity contribution in [3.05, 3.63) is 34.9 Å². The molecule has 7 heteroatoms. The van der Waals surface area contributed by atoms with Crippen LogP contribution in [0.25, 0.3) is 0 Å². The third kappa shape index (κ3) is 2.40. The molecule has 0 aliphatic carbocycles. The summed E-state index contributed by atoms with van der Waals surface area (Å²) in [5, 5.41) is 26.4. The number of hydrogen-bond acceptors (Lipinski definition) is 4. The summed E-state index contributed by atoms with van der Waals surface area (Å²) >= 11 is 0. The molecule has 5 N–H and O–H groups in total. The third-order valence-corrected chi connectivity index (χ3v) is 2.14. The van der Waals surface area contributed by atoms with E-state index in [9.17, 15) is 14.4 Å². The van der Waals surface area contributed by atoms with Gasteiger partial charge in [0.2, 0.25) is 0 Å². The van der Waals surface area contributed by atoms with Crippen LogP contribution in [0.15, 0.2) is 18.2 Å². The number of benzene rings is 1. The van der Waals surface area contributed by atoms with Crippen molar-refractivity contribution >= 4 is 17.9 Å². The van der Waals surface area contributed by atoms with Crippen molar-refractivity contribution in [2.75, 3.05) is 0 Å². The molecule has 0 aliphatic rings. The Bertz CT molecular complexity index is 496. The standard InChI is InChI=1S/C10H9NO6/c11-7(10(16)17)4-2-1-3-5(8(12)13)6(4)9(14)15/h1-3,7H,11H2,(H,12,13)(H,14,15)(H,16,17). The van der Waals surface area contributed by atoms with Crippen LogP contribution in [-0.2, 0) is 4.79 Å². The molecule has 0 radical (unpaired) electrons. The van der Waals surface area contributed by atoms with E-state index in [1.54, 1.807) is 0 Å². The number of nitrogens with two attached hydrogens (primary N) is 1. The fraction of sp³-hybridized carbons (Fsp3) is 0.100. The molecule has 0 saturated carbocycles. The fourth-order valence-corrected chi connectivity index (χ4v) is 1.38.